The summed E-state index contributed by atoms with van der Waals surface area (Å²) < 4.78 is 6.98. The summed E-state index contributed by atoms with van der Waals surface area (Å²) in [5.41, 5.74) is 2.29. The van der Waals surface area contributed by atoms with Crippen molar-refractivity contribution in [1.82, 2.24) is 14.8 Å². The molecule has 0 amide bonds. The average Bonchev–Trinajstić information content (AvgIpc) is 3.23. The van der Waals surface area contributed by atoms with Crippen molar-refractivity contribution < 1.29 is 14.3 Å². The predicted octanol–water partition coefficient (Wildman–Crippen LogP) is 2.35. The van der Waals surface area contributed by atoms with Crippen LogP contribution < -0.4 is 5.11 Å². The number of aromatic carboxylic acids is 1. The Morgan fingerprint density at radius 2 is 1.96 bits per heavy atom. The molecule has 0 aliphatic heterocycles. The number of fused-ring (bicyclic) bond motifs is 1. The lowest BCUT2D eigenvalue weighted by atomic mass is 10.1. The van der Waals surface area contributed by atoms with Crippen LogP contribution in [0.3, 0.4) is 0 Å². The Balaban J connectivity index is 2.08. The molecule has 0 aliphatic rings. The van der Waals surface area contributed by atoms with E-state index < -0.39 is 5.97 Å². The molecule has 0 radical (unpaired) electrons. The third kappa shape index (κ3) is 2.16. The minimum absolute atomic E-state index is 0.0473. The van der Waals surface area contributed by atoms with Crippen LogP contribution in [0.25, 0.3) is 28.2 Å². The van der Waals surface area contributed by atoms with Gasteiger partial charge in [-0.25, -0.2) is 9.67 Å². The zero-order chi connectivity index (χ0) is 16.7. The molecule has 0 atom stereocenters. The van der Waals surface area contributed by atoms with Crippen LogP contribution in [-0.2, 0) is 0 Å². The van der Waals surface area contributed by atoms with Crippen molar-refractivity contribution in [3.05, 3.63) is 66.1 Å². The smallest absolute Gasteiger partial charge is 0.164 e. The number of carboxylic acids is 1. The number of pyridine rings is 1. The molecule has 24 heavy (non-hydrogen) atoms. The van der Waals surface area contributed by atoms with Crippen LogP contribution in [0.2, 0.25) is 0 Å². The normalized spacial score (nSPS) is 11.0. The number of aryl methyl sites for hydroxylation is 1. The lowest BCUT2D eigenvalue weighted by molar-refractivity contribution is -0.254. The molecule has 0 unspecified atom stereocenters. The second-order valence-corrected chi connectivity index (χ2v) is 5.35. The molecule has 3 aromatic heterocycles. The Morgan fingerprint density at radius 3 is 2.62 bits per heavy atom. The summed E-state index contributed by atoms with van der Waals surface area (Å²) in [7, 11) is 0. The fraction of sp³-hybridized carbons (Fsp3) is 0.0556. The number of nitrogens with zero attached hydrogens (tertiary/aromatic N) is 3. The topological polar surface area (TPSA) is 84.0 Å². The summed E-state index contributed by atoms with van der Waals surface area (Å²) >= 11 is 0. The minimum Gasteiger partial charge on any atom is -0.545 e. The Bertz CT molecular complexity index is 1030. The van der Waals surface area contributed by atoms with Gasteiger partial charge in [-0.2, -0.15) is 5.10 Å². The van der Waals surface area contributed by atoms with Crippen LogP contribution in [0.1, 0.15) is 16.1 Å². The van der Waals surface area contributed by atoms with E-state index >= 15 is 0 Å². The van der Waals surface area contributed by atoms with Crippen LogP contribution >= 0.6 is 0 Å². The molecule has 0 spiro atoms. The van der Waals surface area contributed by atoms with Crippen molar-refractivity contribution in [3.63, 3.8) is 0 Å². The number of para-hydroxylation sites is 1. The highest BCUT2D eigenvalue weighted by Gasteiger charge is 2.18. The van der Waals surface area contributed by atoms with Crippen LogP contribution in [0.15, 0.2) is 59.2 Å². The lowest BCUT2D eigenvalue weighted by Crippen LogP contribution is -2.23. The van der Waals surface area contributed by atoms with Gasteiger partial charge in [0.15, 0.2) is 11.4 Å². The number of carbonyl (C=O) groups excluding carboxylic acids is 1. The molecule has 4 rings (SSSR count). The number of rotatable bonds is 3. The van der Waals surface area contributed by atoms with Crippen molar-refractivity contribution in [1.29, 1.82) is 0 Å². The average molecular weight is 318 g/mol. The highest BCUT2D eigenvalue weighted by atomic mass is 16.4. The van der Waals surface area contributed by atoms with E-state index in [-0.39, 0.29) is 5.56 Å². The fourth-order valence-electron chi connectivity index (χ4n) is 2.75. The van der Waals surface area contributed by atoms with Crippen molar-refractivity contribution in [3.8, 4) is 17.1 Å². The minimum atomic E-state index is -1.27. The Morgan fingerprint density at radius 1 is 1.17 bits per heavy atom. The molecular formula is C18H12N3O3-. The van der Waals surface area contributed by atoms with E-state index in [1.165, 1.54) is 12.3 Å². The molecule has 6 heteroatoms. The van der Waals surface area contributed by atoms with E-state index in [9.17, 15) is 9.90 Å². The van der Waals surface area contributed by atoms with E-state index in [4.69, 9.17) is 4.42 Å². The molecule has 0 fully saturated rings. The van der Waals surface area contributed by atoms with Gasteiger partial charge in [0, 0.05) is 5.56 Å². The molecule has 3 heterocycles. The maximum Gasteiger partial charge on any atom is 0.164 e. The molecule has 4 aromatic rings. The highest BCUT2D eigenvalue weighted by Crippen LogP contribution is 2.28. The van der Waals surface area contributed by atoms with Crippen molar-refractivity contribution in [2.75, 3.05) is 0 Å². The molecule has 0 aliphatic carbocycles. The van der Waals surface area contributed by atoms with Gasteiger partial charge >= 0.3 is 0 Å². The largest absolute Gasteiger partial charge is 0.545 e. The number of carboxylic acid groups (broad SMARTS) is 1. The van der Waals surface area contributed by atoms with E-state index in [0.29, 0.717) is 28.2 Å². The lowest BCUT2D eigenvalue weighted by Gasteiger charge is -2.08. The Labute approximate surface area is 137 Å². The summed E-state index contributed by atoms with van der Waals surface area (Å²) in [5.74, 6) is -0.788. The Kier molecular flexibility index (Phi) is 3.16. The first-order valence-electron chi connectivity index (χ1n) is 7.36. The van der Waals surface area contributed by atoms with Crippen LogP contribution in [0, 0.1) is 6.92 Å². The number of benzene rings is 1. The maximum atomic E-state index is 11.6. The Hall–Kier alpha value is -3.41. The summed E-state index contributed by atoms with van der Waals surface area (Å²) in [4.78, 5) is 16.2. The molecule has 0 bridgehead atoms. The van der Waals surface area contributed by atoms with Gasteiger partial charge in [0.1, 0.15) is 5.69 Å². The molecular weight excluding hydrogens is 306 g/mol. The zero-order valence-electron chi connectivity index (χ0n) is 12.8. The molecule has 118 valence electrons. The molecule has 0 N–H and O–H groups in total. The standard InChI is InChI=1S/C18H13N3O3/c1-11-16-13(18(22)23)10-14(15-8-5-9-24-15)19-17(16)21(20-11)12-6-3-2-4-7-12/h2-10H,1H3,(H,22,23)/p-1. The number of hydrogen-bond acceptors (Lipinski definition) is 5. The number of hydrogen-bond donors (Lipinski definition) is 0. The van der Waals surface area contributed by atoms with E-state index in [2.05, 4.69) is 10.1 Å². The summed E-state index contributed by atoms with van der Waals surface area (Å²) in [6.45, 7) is 1.75. The van der Waals surface area contributed by atoms with E-state index in [1.54, 1.807) is 23.7 Å². The van der Waals surface area contributed by atoms with E-state index in [0.717, 1.165) is 5.69 Å². The van der Waals surface area contributed by atoms with Gasteiger partial charge in [0.25, 0.3) is 0 Å². The molecule has 6 nitrogen and oxygen atoms in total. The van der Waals surface area contributed by atoms with Crippen molar-refractivity contribution >= 4 is 17.0 Å². The van der Waals surface area contributed by atoms with Gasteiger partial charge in [-0.05, 0) is 37.3 Å². The summed E-state index contributed by atoms with van der Waals surface area (Å²) in [5, 5.41) is 16.6. The second-order valence-electron chi connectivity index (χ2n) is 5.35. The zero-order valence-corrected chi connectivity index (χ0v) is 12.8. The van der Waals surface area contributed by atoms with Gasteiger partial charge < -0.3 is 14.3 Å². The molecule has 1 aromatic carbocycles. The number of furan rings is 1. The van der Waals surface area contributed by atoms with Crippen LogP contribution in [-0.4, -0.2) is 20.7 Å². The highest BCUT2D eigenvalue weighted by molar-refractivity contribution is 6.03. The predicted molar refractivity (Wildman–Crippen MR) is 85.6 cm³/mol. The maximum absolute atomic E-state index is 11.6. The first-order valence-corrected chi connectivity index (χ1v) is 7.36. The quantitative estimate of drug-likeness (QED) is 0.579. The SMILES string of the molecule is Cc1nn(-c2ccccc2)c2nc(-c3ccco3)cc(C(=O)[O-])c12. The van der Waals surface area contributed by atoms with Crippen LogP contribution in [0.5, 0.6) is 0 Å². The fourth-order valence-corrected chi connectivity index (χ4v) is 2.75. The van der Waals surface area contributed by atoms with Gasteiger partial charge in [-0.1, -0.05) is 18.2 Å². The monoisotopic (exact) mass is 318 g/mol. The van der Waals surface area contributed by atoms with Crippen LogP contribution in [0.4, 0.5) is 0 Å². The third-order valence-corrected chi connectivity index (χ3v) is 3.81. The van der Waals surface area contributed by atoms with Gasteiger partial charge in [0.05, 0.1) is 29.0 Å². The summed E-state index contributed by atoms with van der Waals surface area (Å²) in [6.07, 6.45) is 1.51. The second kappa shape index (κ2) is 5.34. The first kappa shape index (κ1) is 14.2. The van der Waals surface area contributed by atoms with Crippen molar-refractivity contribution in [2.45, 2.75) is 6.92 Å². The van der Waals surface area contributed by atoms with Gasteiger partial charge in [0.2, 0.25) is 0 Å². The summed E-state index contributed by atoms with van der Waals surface area (Å²) in [6, 6.07) is 14.3. The third-order valence-electron chi connectivity index (χ3n) is 3.81. The van der Waals surface area contributed by atoms with Crippen molar-refractivity contribution in [2.24, 2.45) is 0 Å². The molecule has 0 saturated carbocycles. The van der Waals surface area contributed by atoms with E-state index in [1.807, 2.05) is 30.3 Å². The number of aromatic nitrogens is 3. The molecule has 0 saturated heterocycles. The first-order chi connectivity index (χ1) is 11.6. The van der Waals surface area contributed by atoms with Gasteiger partial charge in [-0.15, -0.1) is 0 Å². The van der Waals surface area contributed by atoms with Gasteiger partial charge in [-0.3, -0.25) is 0 Å². The number of carbonyl (C=O) groups is 1.